The van der Waals surface area contributed by atoms with Gasteiger partial charge in [0.15, 0.2) is 5.13 Å². The van der Waals surface area contributed by atoms with Crippen molar-refractivity contribution in [1.82, 2.24) is 15.0 Å². The number of carboxylic acids is 1. The average molecular weight is 402 g/mol. The summed E-state index contributed by atoms with van der Waals surface area (Å²) >= 11 is 1.28. The smallest absolute Gasteiger partial charge is 0.303 e. The molecule has 0 saturated carbocycles. The molecule has 0 fully saturated rings. The molecule has 28 heavy (non-hydrogen) atoms. The Morgan fingerprint density at radius 1 is 1.29 bits per heavy atom. The Balaban J connectivity index is 1.95. The van der Waals surface area contributed by atoms with E-state index in [9.17, 15) is 4.79 Å². The van der Waals surface area contributed by atoms with Crippen molar-refractivity contribution in [2.24, 2.45) is 5.92 Å². The Morgan fingerprint density at radius 3 is 2.75 bits per heavy atom. The molecule has 150 valence electrons. The van der Waals surface area contributed by atoms with Crippen LogP contribution in [0.15, 0.2) is 18.6 Å². The van der Waals surface area contributed by atoms with Crippen molar-refractivity contribution >= 4 is 28.3 Å². The number of carboxylic acid groups (broad SMARTS) is 1. The Morgan fingerprint density at radius 2 is 2.11 bits per heavy atom. The zero-order valence-corrected chi connectivity index (χ0v) is 17.2. The summed E-state index contributed by atoms with van der Waals surface area (Å²) in [4.78, 5) is 24.4. The second-order valence-electron chi connectivity index (χ2n) is 6.88. The molecule has 7 nitrogen and oxygen atoms in total. The number of nitrogens with one attached hydrogen (secondary N) is 1. The number of carbonyl (C=O) groups is 1. The molecule has 0 bridgehead atoms. The molecule has 0 aromatic carbocycles. The minimum atomic E-state index is -0.709. The Kier molecular flexibility index (Phi) is 8.82. The van der Waals surface area contributed by atoms with E-state index in [-0.39, 0.29) is 12.3 Å². The molecule has 2 N–H and O–H groups in total. The fourth-order valence-electron chi connectivity index (χ4n) is 3.37. The second-order valence-corrected chi connectivity index (χ2v) is 7.91. The summed E-state index contributed by atoms with van der Waals surface area (Å²) < 4.78 is 0. The van der Waals surface area contributed by atoms with Crippen LogP contribution in [-0.4, -0.2) is 26.0 Å². The molecule has 2 heterocycles. The number of aromatic nitrogens is 3. The maximum atomic E-state index is 11.0. The number of hydrogen-bond acceptors (Lipinski definition) is 7. The van der Waals surface area contributed by atoms with Gasteiger partial charge >= 0.3 is 5.97 Å². The summed E-state index contributed by atoms with van der Waals surface area (Å²) in [7, 11) is 0. The third-order valence-electron chi connectivity index (χ3n) is 4.78. The molecular weight excluding hydrogens is 374 g/mol. The van der Waals surface area contributed by atoms with Gasteiger partial charge in [-0.1, -0.05) is 44.4 Å². The van der Waals surface area contributed by atoms with Crippen molar-refractivity contribution < 1.29 is 9.90 Å². The lowest BCUT2D eigenvalue weighted by molar-refractivity contribution is -0.138. The highest BCUT2D eigenvalue weighted by Crippen LogP contribution is 2.28. The molecule has 2 rings (SSSR count). The normalized spacial score (nSPS) is 12.9. The van der Waals surface area contributed by atoms with Gasteiger partial charge in [0.25, 0.3) is 0 Å². The van der Waals surface area contributed by atoms with Crippen molar-refractivity contribution in [2.45, 2.75) is 64.7 Å². The van der Waals surface area contributed by atoms with E-state index >= 15 is 0 Å². The number of thiazole rings is 1. The van der Waals surface area contributed by atoms with Crippen LogP contribution < -0.4 is 5.32 Å². The fourth-order valence-corrected chi connectivity index (χ4v) is 4.00. The van der Waals surface area contributed by atoms with Crippen LogP contribution in [0.2, 0.25) is 0 Å². The topological polar surface area (TPSA) is 112 Å². The van der Waals surface area contributed by atoms with Crippen molar-refractivity contribution in [1.29, 1.82) is 5.26 Å². The maximum absolute atomic E-state index is 11.0. The molecule has 0 aliphatic carbocycles. The predicted octanol–water partition coefficient (Wildman–Crippen LogP) is 5.10. The van der Waals surface area contributed by atoms with E-state index in [4.69, 9.17) is 10.4 Å². The van der Waals surface area contributed by atoms with Crippen LogP contribution in [0.4, 0.5) is 10.9 Å². The van der Waals surface area contributed by atoms with Gasteiger partial charge in [0.2, 0.25) is 0 Å². The van der Waals surface area contributed by atoms with Crippen LogP contribution >= 0.6 is 11.3 Å². The first-order chi connectivity index (χ1) is 13.5. The lowest BCUT2D eigenvalue weighted by Crippen LogP contribution is -2.09. The van der Waals surface area contributed by atoms with Gasteiger partial charge in [0, 0.05) is 24.1 Å². The summed E-state index contributed by atoms with van der Waals surface area (Å²) in [6.07, 6.45) is 9.17. The molecule has 8 heteroatoms. The van der Waals surface area contributed by atoms with Crippen molar-refractivity contribution in [2.75, 3.05) is 5.32 Å². The number of nitriles is 1. The molecule has 0 aliphatic rings. The van der Waals surface area contributed by atoms with Gasteiger partial charge in [-0.2, -0.15) is 5.26 Å². The zero-order valence-electron chi connectivity index (χ0n) is 16.4. The zero-order chi connectivity index (χ0) is 20.4. The second kappa shape index (κ2) is 11.3. The highest BCUT2D eigenvalue weighted by molar-refractivity contribution is 7.16. The number of aliphatic carboxylic acids is 1. The van der Waals surface area contributed by atoms with E-state index < -0.39 is 5.97 Å². The van der Waals surface area contributed by atoms with E-state index in [1.807, 2.05) is 6.07 Å². The maximum Gasteiger partial charge on any atom is 0.303 e. The molecule has 2 aromatic heterocycles. The van der Waals surface area contributed by atoms with E-state index in [0.29, 0.717) is 21.7 Å². The molecule has 2 aromatic rings. The first-order valence-corrected chi connectivity index (χ1v) is 10.5. The molecule has 2 atom stereocenters. The molecule has 0 spiro atoms. The Labute approximate surface area is 169 Å². The lowest BCUT2D eigenvalue weighted by Gasteiger charge is -2.18. The molecular formula is C20H27N5O2S. The lowest BCUT2D eigenvalue weighted by atomic mass is 9.89. The van der Waals surface area contributed by atoms with E-state index in [0.717, 1.165) is 44.2 Å². The van der Waals surface area contributed by atoms with Crippen LogP contribution in [0.1, 0.15) is 75.3 Å². The summed E-state index contributed by atoms with van der Waals surface area (Å²) in [5.41, 5.74) is 0.974. The fraction of sp³-hybridized carbons (Fsp3) is 0.550. The first kappa shape index (κ1) is 21.8. The van der Waals surface area contributed by atoms with Gasteiger partial charge in [-0.25, -0.2) is 15.0 Å². The highest BCUT2D eigenvalue weighted by Gasteiger charge is 2.16. The van der Waals surface area contributed by atoms with Crippen LogP contribution in [0.5, 0.6) is 0 Å². The minimum absolute atomic E-state index is 0.252. The first-order valence-electron chi connectivity index (χ1n) is 9.72. The van der Waals surface area contributed by atoms with Crippen LogP contribution in [0, 0.1) is 17.2 Å². The summed E-state index contributed by atoms with van der Waals surface area (Å²) in [5, 5.41) is 21.7. The molecule has 0 radical (unpaired) electrons. The summed E-state index contributed by atoms with van der Waals surface area (Å²) in [5.74, 6) is 0.513. The molecule has 0 amide bonds. The minimum Gasteiger partial charge on any atom is -0.481 e. The largest absolute Gasteiger partial charge is 0.481 e. The van der Waals surface area contributed by atoms with Gasteiger partial charge in [-0.15, -0.1) is 0 Å². The number of hydrogen-bond donors (Lipinski definition) is 2. The number of rotatable bonds is 12. The summed E-state index contributed by atoms with van der Waals surface area (Å²) in [6, 6.07) is 4.00. The Hall–Kier alpha value is -2.53. The van der Waals surface area contributed by atoms with Crippen molar-refractivity contribution in [3.63, 3.8) is 0 Å². The molecule has 0 saturated heterocycles. The van der Waals surface area contributed by atoms with Gasteiger partial charge in [-0.05, 0) is 25.2 Å². The van der Waals surface area contributed by atoms with E-state index in [2.05, 4.69) is 40.2 Å². The van der Waals surface area contributed by atoms with Gasteiger partial charge in [0.05, 0.1) is 6.20 Å². The highest BCUT2D eigenvalue weighted by atomic mass is 32.1. The van der Waals surface area contributed by atoms with Crippen LogP contribution in [-0.2, 0) is 4.79 Å². The van der Waals surface area contributed by atoms with Crippen LogP contribution in [0.25, 0.3) is 0 Å². The summed E-state index contributed by atoms with van der Waals surface area (Å²) in [6.45, 7) is 4.24. The van der Waals surface area contributed by atoms with Gasteiger partial charge < -0.3 is 10.4 Å². The Bertz CT molecular complexity index is 802. The predicted molar refractivity (Wildman–Crippen MR) is 110 cm³/mol. The molecule has 2 unspecified atom stereocenters. The SMILES string of the molecule is CCCC(CCCC(CC)c1cc(Nc2ncc(C#N)s2)ncn1)CC(=O)O. The van der Waals surface area contributed by atoms with Gasteiger partial charge in [0.1, 0.15) is 23.1 Å². The monoisotopic (exact) mass is 401 g/mol. The molecule has 0 aliphatic heterocycles. The third kappa shape index (κ3) is 6.89. The van der Waals surface area contributed by atoms with Gasteiger partial charge in [-0.3, -0.25) is 4.79 Å². The standard InChI is InChI=1S/C20H27N5O2S/c1-3-6-14(9-19(26)27)7-5-8-15(4-2)17-10-18(24-13-23-17)25-20-22-12-16(11-21)28-20/h10,12-15H,3-9H2,1-2H3,(H,26,27)(H,22,23,24,25). The van der Waals surface area contributed by atoms with E-state index in [1.54, 1.807) is 6.33 Å². The van der Waals surface area contributed by atoms with Crippen LogP contribution in [0.3, 0.4) is 0 Å². The van der Waals surface area contributed by atoms with E-state index in [1.165, 1.54) is 17.5 Å². The van der Waals surface area contributed by atoms with Crippen molar-refractivity contribution in [3.05, 3.63) is 29.2 Å². The average Bonchev–Trinajstić information content (AvgIpc) is 3.12. The van der Waals surface area contributed by atoms with Crippen molar-refractivity contribution in [3.8, 4) is 6.07 Å². The quantitative estimate of drug-likeness (QED) is 0.508. The number of nitrogens with zero attached hydrogens (tertiary/aromatic N) is 4. The third-order valence-corrected chi connectivity index (χ3v) is 5.59. The number of anilines is 2.